The molecule has 2 aliphatic heterocycles. The molecular formula is C58H69BN2O. The van der Waals surface area contributed by atoms with Crippen molar-refractivity contribution in [2.45, 2.75) is 169 Å². The van der Waals surface area contributed by atoms with E-state index >= 15 is 0 Å². The molecule has 62 heavy (non-hydrogen) atoms. The topological polar surface area (TPSA) is 19.6 Å². The van der Waals surface area contributed by atoms with Gasteiger partial charge >= 0.3 is 0 Å². The number of fused-ring (bicyclic) bond motifs is 8. The van der Waals surface area contributed by atoms with E-state index in [2.05, 4.69) is 199 Å². The highest BCUT2D eigenvalue weighted by atomic mass is 16.3. The molecule has 3 heterocycles. The lowest BCUT2D eigenvalue weighted by atomic mass is 9.35. The Morgan fingerprint density at radius 2 is 1.05 bits per heavy atom. The third kappa shape index (κ3) is 6.04. The molecule has 320 valence electrons. The van der Waals surface area contributed by atoms with Crippen LogP contribution < -0.4 is 26.4 Å². The van der Waals surface area contributed by atoms with Crippen molar-refractivity contribution in [3.8, 4) is 0 Å². The zero-order chi connectivity index (χ0) is 44.4. The highest BCUT2D eigenvalue weighted by Crippen LogP contribution is 2.53. The van der Waals surface area contributed by atoms with Crippen LogP contribution in [0.2, 0.25) is 0 Å². The van der Waals surface area contributed by atoms with Gasteiger partial charge in [-0.1, -0.05) is 127 Å². The quantitative estimate of drug-likeness (QED) is 0.162. The van der Waals surface area contributed by atoms with Crippen molar-refractivity contribution in [1.29, 1.82) is 0 Å². The number of anilines is 6. The van der Waals surface area contributed by atoms with Crippen LogP contribution in [0.15, 0.2) is 83.3 Å². The van der Waals surface area contributed by atoms with E-state index in [9.17, 15) is 0 Å². The number of hydrogen-bond acceptors (Lipinski definition) is 3. The minimum atomic E-state index is -0.0906. The number of nitrogens with zero attached hydrogens (tertiary/aromatic N) is 2. The second kappa shape index (κ2) is 13.0. The van der Waals surface area contributed by atoms with E-state index in [0.29, 0.717) is 0 Å². The predicted molar refractivity (Wildman–Crippen MR) is 268 cm³/mol. The predicted octanol–water partition coefficient (Wildman–Crippen LogP) is 14.4. The van der Waals surface area contributed by atoms with Crippen molar-refractivity contribution in [2.75, 3.05) is 9.80 Å². The molecule has 0 amide bonds. The standard InChI is InChI=1S/C58H69BN2O/c1-34-27-47-50-48(28-34)61(46-33-43-41(29-35(46)2)56(11,12)25-26-58(43,15)16)45-21-17-37(54(6,7)8)31-44(45)59(50)52-51(39-30-36(53(3,4)5)18-22-49(39)62-52)60(47)38-19-20-40-42(32-38)57(13,14)24-23-55(40,9)10/h17-22,27-33H,23-26H2,1-16H3. The van der Waals surface area contributed by atoms with Crippen LogP contribution in [0.1, 0.15) is 167 Å². The highest BCUT2D eigenvalue weighted by Gasteiger charge is 2.49. The van der Waals surface area contributed by atoms with Gasteiger partial charge in [0.15, 0.2) is 0 Å². The van der Waals surface area contributed by atoms with Gasteiger partial charge in [-0.15, -0.1) is 0 Å². The molecule has 2 aliphatic carbocycles. The maximum Gasteiger partial charge on any atom is 0.297 e. The van der Waals surface area contributed by atoms with Crippen molar-refractivity contribution in [2.24, 2.45) is 0 Å². The Hall–Kier alpha value is -4.70. The Morgan fingerprint density at radius 3 is 1.66 bits per heavy atom. The van der Waals surface area contributed by atoms with E-state index in [1.165, 1.54) is 121 Å². The van der Waals surface area contributed by atoms with Crippen molar-refractivity contribution in [3.63, 3.8) is 0 Å². The van der Waals surface area contributed by atoms with Crippen LogP contribution in [0.5, 0.6) is 0 Å². The van der Waals surface area contributed by atoms with Crippen LogP contribution >= 0.6 is 0 Å². The monoisotopic (exact) mass is 821 g/mol. The summed E-state index contributed by atoms with van der Waals surface area (Å²) in [6, 6.07) is 31.8. The second-order valence-corrected chi connectivity index (χ2v) is 24.6. The SMILES string of the molecule is Cc1cc2c3c(c1)N(c1ccc4c(c1)C(C)(C)CCC4(C)C)c1c(oc4ccc(C(C)(C)C)cc14)B3c1cc(C(C)(C)C)ccc1N2c1cc2c(cc1C)C(C)(C)CCC2(C)C. The molecule has 5 aromatic carbocycles. The Kier molecular flexibility index (Phi) is 8.63. The lowest BCUT2D eigenvalue weighted by Gasteiger charge is -2.46. The maximum absolute atomic E-state index is 7.39. The van der Waals surface area contributed by atoms with E-state index in [0.717, 1.165) is 11.2 Å². The fourth-order valence-corrected chi connectivity index (χ4v) is 11.8. The largest absolute Gasteiger partial charge is 0.468 e. The first-order valence-corrected chi connectivity index (χ1v) is 23.6. The summed E-state index contributed by atoms with van der Waals surface area (Å²) in [7, 11) is 0. The first-order chi connectivity index (χ1) is 28.8. The van der Waals surface area contributed by atoms with Gasteiger partial charge < -0.3 is 14.2 Å². The van der Waals surface area contributed by atoms with Gasteiger partial charge in [-0.05, 0) is 176 Å². The van der Waals surface area contributed by atoms with Crippen LogP contribution in [0.25, 0.3) is 11.0 Å². The number of rotatable bonds is 2. The molecular weight excluding hydrogens is 751 g/mol. The van der Waals surface area contributed by atoms with Gasteiger partial charge in [0.1, 0.15) is 5.58 Å². The Balaban J connectivity index is 1.33. The Labute approximate surface area is 373 Å². The summed E-state index contributed by atoms with van der Waals surface area (Å²) in [4.78, 5) is 5.25. The lowest BCUT2D eigenvalue weighted by Crippen LogP contribution is -2.61. The van der Waals surface area contributed by atoms with E-state index in [4.69, 9.17) is 4.42 Å². The normalized spacial score (nSPS) is 19.1. The molecule has 0 spiro atoms. The summed E-state index contributed by atoms with van der Waals surface area (Å²) in [6.45, 7) is 38.1. The van der Waals surface area contributed by atoms with Crippen molar-refractivity contribution >= 4 is 68.4 Å². The molecule has 0 N–H and O–H groups in total. The summed E-state index contributed by atoms with van der Waals surface area (Å²) in [5.74, 6) is 0. The molecule has 0 atom stereocenters. The molecule has 10 rings (SSSR count). The van der Waals surface area contributed by atoms with Crippen LogP contribution in [0.3, 0.4) is 0 Å². The molecule has 4 heteroatoms. The van der Waals surface area contributed by atoms with Crippen molar-refractivity contribution in [3.05, 3.63) is 123 Å². The molecule has 0 bridgehead atoms. The van der Waals surface area contributed by atoms with Gasteiger partial charge in [0.25, 0.3) is 6.71 Å². The van der Waals surface area contributed by atoms with Gasteiger partial charge in [-0.2, -0.15) is 0 Å². The van der Waals surface area contributed by atoms with Gasteiger partial charge in [0.05, 0.1) is 11.3 Å². The first kappa shape index (κ1) is 41.3. The zero-order valence-corrected chi connectivity index (χ0v) is 40.7. The Morgan fingerprint density at radius 1 is 0.516 bits per heavy atom. The molecule has 0 saturated heterocycles. The zero-order valence-electron chi connectivity index (χ0n) is 40.7. The van der Waals surface area contributed by atoms with E-state index < -0.39 is 0 Å². The fraction of sp³-hybridized carbons (Fsp3) is 0.448. The minimum absolute atomic E-state index is 0.0169. The van der Waals surface area contributed by atoms with Crippen LogP contribution in [-0.2, 0) is 32.5 Å². The summed E-state index contributed by atoms with van der Waals surface area (Å²) >= 11 is 0. The summed E-state index contributed by atoms with van der Waals surface area (Å²) in [6.07, 6.45) is 4.74. The summed E-state index contributed by atoms with van der Waals surface area (Å²) < 4.78 is 7.39. The molecule has 0 fully saturated rings. The molecule has 0 radical (unpaired) electrons. The molecule has 1 aromatic heterocycles. The smallest absolute Gasteiger partial charge is 0.297 e. The van der Waals surface area contributed by atoms with E-state index in [1.54, 1.807) is 0 Å². The lowest BCUT2D eigenvalue weighted by molar-refractivity contribution is 0.332. The van der Waals surface area contributed by atoms with Gasteiger partial charge in [-0.3, -0.25) is 0 Å². The van der Waals surface area contributed by atoms with E-state index in [-0.39, 0.29) is 39.2 Å². The van der Waals surface area contributed by atoms with Crippen molar-refractivity contribution in [1.82, 2.24) is 0 Å². The third-order valence-electron chi connectivity index (χ3n) is 16.0. The number of hydrogen-bond donors (Lipinski definition) is 0. The molecule has 3 nitrogen and oxygen atoms in total. The molecule has 4 aliphatic rings. The van der Waals surface area contributed by atoms with E-state index in [1.807, 2.05) is 0 Å². The first-order valence-electron chi connectivity index (χ1n) is 23.6. The fourth-order valence-electron chi connectivity index (χ4n) is 11.8. The summed E-state index contributed by atoms with van der Waals surface area (Å²) in [5, 5.41) is 1.18. The molecule has 6 aromatic rings. The number of aryl methyl sites for hydroxylation is 2. The highest BCUT2D eigenvalue weighted by molar-refractivity contribution is 7.00. The number of furan rings is 1. The maximum atomic E-state index is 7.39. The third-order valence-corrected chi connectivity index (χ3v) is 16.0. The minimum Gasteiger partial charge on any atom is -0.468 e. The van der Waals surface area contributed by atoms with Gasteiger partial charge in [-0.25, -0.2) is 0 Å². The van der Waals surface area contributed by atoms with Gasteiger partial charge in [0.2, 0.25) is 0 Å². The number of benzene rings is 5. The van der Waals surface area contributed by atoms with Crippen LogP contribution in [-0.4, -0.2) is 6.71 Å². The second-order valence-electron chi connectivity index (χ2n) is 24.6. The van der Waals surface area contributed by atoms with Crippen LogP contribution in [0, 0.1) is 13.8 Å². The molecule has 0 unspecified atom stereocenters. The summed E-state index contributed by atoms with van der Waals surface area (Å²) in [5.41, 5.74) is 23.6. The van der Waals surface area contributed by atoms with Gasteiger partial charge in [0, 0.05) is 33.8 Å². The average Bonchev–Trinajstić information content (AvgIpc) is 3.56. The average molecular weight is 821 g/mol. The van der Waals surface area contributed by atoms with Crippen molar-refractivity contribution < 1.29 is 4.42 Å². The molecule has 0 saturated carbocycles. The Bertz CT molecular complexity index is 2870. The van der Waals surface area contributed by atoms with Crippen LogP contribution in [0.4, 0.5) is 34.1 Å².